The number of aromatic nitrogens is 2. The summed E-state index contributed by atoms with van der Waals surface area (Å²) < 4.78 is 24.4. The molecule has 0 unspecified atom stereocenters. The van der Waals surface area contributed by atoms with Crippen molar-refractivity contribution in [3.8, 4) is 28.7 Å². The molecule has 1 atom stereocenters. The molecule has 3 heterocycles. The molecule has 44 heavy (non-hydrogen) atoms. The number of hydrogen-bond acceptors (Lipinski definition) is 8. The van der Waals surface area contributed by atoms with Crippen LogP contribution in [0.2, 0.25) is 0 Å². The van der Waals surface area contributed by atoms with Crippen molar-refractivity contribution in [1.29, 1.82) is 0 Å². The van der Waals surface area contributed by atoms with Crippen LogP contribution in [0.3, 0.4) is 0 Å². The van der Waals surface area contributed by atoms with Crippen LogP contribution < -0.4 is 24.5 Å². The number of carbonyl (C=O) groups is 1. The number of carbonyl (C=O) groups excluding carboxylic acids is 1. The number of unbranched alkanes of at least 4 members (excludes halogenated alkanes) is 2. The van der Waals surface area contributed by atoms with Crippen LogP contribution in [0.15, 0.2) is 64.4 Å². The van der Waals surface area contributed by atoms with Crippen molar-refractivity contribution in [2.45, 2.75) is 45.1 Å². The molecule has 10 heteroatoms. The van der Waals surface area contributed by atoms with E-state index >= 15 is 0 Å². The van der Waals surface area contributed by atoms with Crippen molar-refractivity contribution >= 4 is 28.7 Å². The molecule has 1 saturated heterocycles. The summed E-state index contributed by atoms with van der Waals surface area (Å²) in [7, 11) is 3.18. The van der Waals surface area contributed by atoms with Crippen LogP contribution in [0.25, 0.3) is 16.6 Å². The maximum absolute atomic E-state index is 13.4. The Morgan fingerprint density at radius 2 is 1.64 bits per heavy atom. The predicted octanol–water partition coefficient (Wildman–Crippen LogP) is 5.66. The van der Waals surface area contributed by atoms with Gasteiger partial charge in [-0.2, -0.15) is 0 Å². The van der Waals surface area contributed by atoms with E-state index in [-0.39, 0.29) is 17.5 Å². The van der Waals surface area contributed by atoms with E-state index in [2.05, 4.69) is 9.98 Å². The second kappa shape index (κ2) is 12.8. The molecule has 1 fully saturated rings. The van der Waals surface area contributed by atoms with Gasteiger partial charge in [-0.15, -0.1) is 0 Å². The lowest BCUT2D eigenvalue weighted by atomic mass is 10.1. The van der Waals surface area contributed by atoms with E-state index in [1.165, 1.54) is 0 Å². The number of amides is 1. The molecule has 228 valence electrons. The number of nitrogens with zero attached hydrogens (tertiary/aromatic N) is 4. The lowest BCUT2D eigenvalue weighted by molar-refractivity contribution is 0.0774. The molecule has 2 aliphatic rings. The van der Waals surface area contributed by atoms with E-state index in [1.807, 2.05) is 54.4 Å². The highest BCUT2D eigenvalue weighted by Gasteiger charge is 2.32. The highest BCUT2D eigenvalue weighted by Crippen LogP contribution is 2.38. The molecular weight excluding hydrogens is 560 g/mol. The SMILES string of the molecule is COc1ccc(-n2c(C)nc3ccc(OCCCCCOc4cc5c(cc4OC)C(=O)N4CCC[C@H]4C=N5)cc3c2=O)cc1. The summed E-state index contributed by atoms with van der Waals surface area (Å²) in [4.78, 5) is 37.6. The van der Waals surface area contributed by atoms with Gasteiger partial charge in [0.15, 0.2) is 11.5 Å². The number of benzene rings is 3. The molecule has 0 radical (unpaired) electrons. The third-order valence-electron chi connectivity index (χ3n) is 8.11. The maximum Gasteiger partial charge on any atom is 0.266 e. The molecule has 0 aliphatic carbocycles. The zero-order valence-corrected chi connectivity index (χ0v) is 25.2. The third-order valence-corrected chi connectivity index (χ3v) is 8.11. The van der Waals surface area contributed by atoms with Gasteiger partial charge in [0.25, 0.3) is 11.5 Å². The van der Waals surface area contributed by atoms with Gasteiger partial charge in [0.1, 0.15) is 17.3 Å². The van der Waals surface area contributed by atoms with Gasteiger partial charge in [0.05, 0.1) is 61.3 Å². The molecular formula is C34H36N4O6. The first-order valence-corrected chi connectivity index (χ1v) is 15.0. The molecule has 0 spiro atoms. The Kier molecular flexibility index (Phi) is 8.49. The van der Waals surface area contributed by atoms with Gasteiger partial charge in [-0.25, -0.2) is 4.98 Å². The monoisotopic (exact) mass is 596 g/mol. The molecule has 0 bridgehead atoms. The van der Waals surface area contributed by atoms with Crippen molar-refractivity contribution in [2.24, 2.45) is 4.99 Å². The van der Waals surface area contributed by atoms with Gasteiger partial charge >= 0.3 is 0 Å². The third kappa shape index (κ3) is 5.84. The number of hydrogen-bond donors (Lipinski definition) is 0. The molecule has 0 saturated carbocycles. The van der Waals surface area contributed by atoms with E-state index in [9.17, 15) is 9.59 Å². The summed E-state index contributed by atoms with van der Waals surface area (Å²) in [5.74, 6) is 3.05. The highest BCUT2D eigenvalue weighted by molar-refractivity contribution is 6.03. The molecule has 2 aliphatic heterocycles. The van der Waals surface area contributed by atoms with Gasteiger partial charge < -0.3 is 23.8 Å². The summed E-state index contributed by atoms with van der Waals surface area (Å²) in [5.41, 5.74) is 2.37. The van der Waals surface area contributed by atoms with Crippen LogP contribution in [-0.4, -0.2) is 66.6 Å². The minimum Gasteiger partial charge on any atom is -0.497 e. The average Bonchev–Trinajstić information content (AvgIpc) is 3.47. The quantitative estimate of drug-likeness (QED) is 0.206. The van der Waals surface area contributed by atoms with Gasteiger partial charge in [-0.05, 0) is 87.6 Å². The Hall–Kier alpha value is -4.86. The van der Waals surface area contributed by atoms with Crippen LogP contribution in [0, 0.1) is 6.92 Å². The van der Waals surface area contributed by atoms with Crippen LogP contribution in [-0.2, 0) is 0 Å². The summed E-state index contributed by atoms with van der Waals surface area (Å²) in [6, 6.07) is 16.3. The summed E-state index contributed by atoms with van der Waals surface area (Å²) in [6.07, 6.45) is 6.33. The van der Waals surface area contributed by atoms with Gasteiger partial charge in [-0.3, -0.25) is 19.1 Å². The van der Waals surface area contributed by atoms with E-state index < -0.39 is 0 Å². The number of methoxy groups -OCH3 is 2. The number of fused-ring (bicyclic) bond motifs is 3. The maximum atomic E-state index is 13.4. The van der Waals surface area contributed by atoms with Crippen molar-refractivity contribution in [2.75, 3.05) is 34.0 Å². The van der Waals surface area contributed by atoms with Gasteiger partial charge in [-0.1, -0.05) is 0 Å². The summed E-state index contributed by atoms with van der Waals surface area (Å²) in [5, 5.41) is 0.499. The van der Waals surface area contributed by atoms with Crippen molar-refractivity contribution in [1.82, 2.24) is 14.5 Å². The van der Waals surface area contributed by atoms with E-state index in [4.69, 9.17) is 18.9 Å². The Bertz CT molecular complexity index is 1760. The van der Waals surface area contributed by atoms with Crippen LogP contribution in [0.1, 0.15) is 48.3 Å². The van der Waals surface area contributed by atoms with Crippen molar-refractivity contribution in [3.05, 3.63) is 76.3 Å². The number of ether oxygens (including phenoxy) is 4. The van der Waals surface area contributed by atoms with Crippen LogP contribution >= 0.6 is 0 Å². The average molecular weight is 597 g/mol. The Morgan fingerprint density at radius 1 is 0.864 bits per heavy atom. The molecule has 6 rings (SSSR count). The first kappa shape index (κ1) is 29.2. The molecule has 0 N–H and O–H groups in total. The van der Waals surface area contributed by atoms with E-state index in [0.29, 0.717) is 58.4 Å². The Morgan fingerprint density at radius 3 is 2.41 bits per heavy atom. The lowest BCUT2D eigenvalue weighted by Gasteiger charge is -2.20. The fourth-order valence-electron chi connectivity index (χ4n) is 5.77. The lowest BCUT2D eigenvalue weighted by Crippen LogP contribution is -2.35. The molecule has 1 amide bonds. The standard InChI is InChI=1S/C34H36N4O6/c1-22-36-29-14-13-26(18-27(29)34(40)38(22)23-9-11-25(41-2)12-10-23)43-16-5-4-6-17-44-32-20-30-28(19-31(32)42-3)33(39)37-15-7-8-24(37)21-35-30/h9-14,18-21,24H,4-8,15-17H2,1-3H3/t24-/m0/s1. The van der Waals surface area contributed by atoms with Gasteiger partial charge in [0, 0.05) is 18.8 Å². The number of aryl methyl sites for hydroxylation is 1. The molecule has 4 aromatic rings. The number of rotatable bonds is 11. The second-order valence-electron chi connectivity index (χ2n) is 10.9. The fraction of sp³-hybridized carbons (Fsp3) is 0.353. The molecule has 3 aromatic carbocycles. The minimum atomic E-state index is -0.149. The normalized spacial score (nSPS) is 15.6. The largest absolute Gasteiger partial charge is 0.497 e. The van der Waals surface area contributed by atoms with E-state index in [0.717, 1.165) is 50.1 Å². The Balaban J connectivity index is 1.03. The topological polar surface area (TPSA) is 104 Å². The number of aliphatic imine (C=N–C) groups is 1. The molecule has 10 nitrogen and oxygen atoms in total. The second-order valence-corrected chi connectivity index (χ2v) is 10.9. The van der Waals surface area contributed by atoms with Crippen LogP contribution in [0.4, 0.5) is 5.69 Å². The summed E-state index contributed by atoms with van der Waals surface area (Å²) >= 11 is 0. The van der Waals surface area contributed by atoms with Crippen molar-refractivity contribution < 1.29 is 23.7 Å². The highest BCUT2D eigenvalue weighted by atomic mass is 16.5. The smallest absolute Gasteiger partial charge is 0.266 e. The van der Waals surface area contributed by atoms with E-state index in [1.54, 1.807) is 37.0 Å². The summed E-state index contributed by atoms with van der Waals surface area (Å²) in [6.45, 7) is 3.57. The van der Waals surface area contributed by atoms with Gasteiger partial charge in [0.2, 0.25) is 0 Å². The first-order valence-electron chi connectivity index (χ1n) is 15.0. The van der Waals surface area contributed by atoms with Crippen LogP contribution in [0.5, 0.6) is 23.0 Å². The molecule has 1 aromatic heterocycles. The Labute approximate surface area is 255 Å². The minimum absolute atomic E-state index is 0.00875. The predicted molar refractivity (Wildman–Crippen MR) is 169 cm³/mol. The fourth-order valence-corrected chi connectivity index (χ4v) is 5.77. The zero-order chi connectivity index (χ0) is 30.6. The zero-order valence-electron chi connectivity index (χ0n) is 25.2. The first-order chi connectivity index (χ1) is 21.5. The van der Waals surface area contributed by atoms with Crippen molar-refractivity contribution in [3.63, 3.8) is 0 Å².